The number of anilines is 1. The summed E-state index contributed by atoms with van der Waals surface area (Å²) in [6, 6.07) is 15.1. The lowest BCUT2D eigenvalue weighted by molar-refractivity contribution is 0.328. The maximum Gasteiger partial charge on any atom is 0.193 e. The number of halogens is 1. The number of benzene rings is 2. The van der Waals surface area contributed by atoms with Crippen molar-refractivity contribution in [2.24, 2.45) is 10.7 Å². The maximum atomic E-state index is 5.83. The second-order valence-electron chi connectivity index (χ2n) is 4.43. The molecular formula is C16H18BrN3O2. The van der Waals surface area contributed by atoms with Gasteiger partial charge in [-0.05, 0) is 36.4 Å². The predicted molar refractivity (Wildman–Crippen MR) is 92.7 cm³/mol. The minimum atomic E-state index is 0.340. The van der Waals surface area contributed by atoms with Gasteiger partial charge in [0.05, 0.1) is 13.7 Å². The molecule has 116 valence electrons. The van der Waals surface area contributed by atoms with Crippen LogP contribution in [0, 0.1) is 0 Å². The molecule has 0 bridgehead atoms. The quantitative estimate of drug-likeness (QED) is 0.469. The minimum absolute atomic E-state index is 0.340. The molecule has 2 aromatic carbocycles. The Bertz CT molecular complexity index is 630. The molecule has 0 aliphatic carbocycles. The van der Waals surface area contributed by atoms with Crippen LogP contribution in [0.3, 0.4) is 0 Å². The zero-order chi connectivity index (χ0) is 15.8. The molecule has 0 heterocycles. The highest BCUT2D eigenvalue weighted by Crippen LogP contribution is 2.17. The van der Waals surface area contributed by atoms with Gasteiger partial charge in [0.1, 0.15) is 18.1 Å². The molecule has 0 saturated heterocycles. The Balaban J connectivity index is 1.78. The van der Waals surface area contributed by atoms with Gasteiger partial charge in [0.2, 0.25) is 0 Å². The first kappa shape index (κ1) is 16.2. The summed E-state index contributed by atoms with van der Waals surface area (Å²) in [4.78, 5) is 4.22. The molecule has 3 N–H and O–H groups in total. The van der Waals surface area contributed by atoms with E-state index in [0.29, 0.717) is 19.1 Å². The van der Waals surface area contributed by atoms with Gasteiger partial charge in [0.15, 0.2) is 5.96 Å². The van der Waals surface area contributed by atoms with E-state index in [1.54, 1.807) is 7.11 Å². The summed E-state index contributed by atoms with van der Waals surface area (Å²) in [5, 5.41) is 3.01. The largest absolute Gasteiger partial charge is 0.497 e. The fraction of sp³-hybridized carbons (Fsp3) is 0.188. The number of nitrogens with one attached hydrogen (secondary N) is 1. The van der Waals surface area contributed by atoms with Gasteiger partial charge in [-0.25, -0.2) is 4.99 Å². The normalized spacial score (nSPS) is 11.1. The van der Waals surface area contributed by atoms with Crippen molar-refractivity contribution in [2.75, 3.05) is 25.6 Å². The number of guanidine groups is 1. The predicted octanol–water partition coefficient (Wildman–Crippen LogP) is 3.26. The second-order valence-corrected chi connectivity index (χ2v) is 5.34. The molecule has 2 rings (SSSR count). The summed E-state index contributed by atoms with van der Waals surface area (Å²) in [5.41, 5.74) is 6.66. The molecule has 0 radical (unpaired) electrons. The SMILES string of the molecule is COc1cccc(NC(N)=NCCOc2ccc(Br)cc2)c1. The summed E-state index contributed by atoms with van der Waals surface area (Å²) < 4.78 is 11.7. The fourth-order valence-electron chi connectivity index (χ4n) is 1.75. The number of rotatable bonds is 6. The third-order valence-corrected chi connectivity index (χ3v) is 3.33. The highest BCUT2D eigenvalue weighted by Gasteiger charge is 1.98. The Kier molecular flexibility index (Phi) is 6.09. The number of aliphatic imine (C=N–C) groups is 1. The molecule has 0 spiro atoms. The van der Waals surface area contributed by atoms with Crippen LogP contribution < -0.4 is 20.5 Å². The minimum Gasteiger partial charge on any atom is -0.497 e. The summed E-state index contributed by atoms with van der Waals surface area (Å²) in [5.74, 6) is 1.90. The Hall–Kier alpha value is -2.21. The van der Waals surface area contributed by atoms with Gasteiger partial charge in [-0.2, -0.15) is 0 Å². The molecule has 0 fully saturated rings. The van der Waals surface area contributed by atoms with E-state index in [9.17, 15) is 0 Å². The van der Waals surface area contributed by atoms with Crippen LogP contribution in [-0.4, -0.2) is 26.2 Å². The molecule has 0 aromatic heterocycles. The van der Waals surface area contributed by atoms with Crippen molar-refractivity contribution in [2.45, 2.75) is 0 Å². The summed E-state index contributed by atoms with van der Waals surface area (Å²) in [7, 11) is 1.62. The van der Waals surface area contributed by atoms with E-state index in [0.717, 1.165) is 21.7 Å². The van der Waals surface area contributed by atoms with Crippen LogP contribution in [-0.2, 0) is 0 Å². The van der Waals surface area contributed by atoms with Crippen molar-refractivity contribution in [3.8, 4) is 11.5 Å². The first-order valence-electron chi connectivity index (χ1n) is 6.77. The third kappa shape index (κ3) is 5.29. The van der Waals surface area contributed by atoms with Gasteiger partial charge in [-0.15, -0.1) is 0 Å². The van der Waals surface area contributed by atoms with Crippen LogP contribution >= 0.6 is 15.9 Å². The van der Waals surface area contributed by atoms with Crippen LogP contribution in [0.25, 0.3) is 0 Å². The average Bonchev–Trinajstić information content (AvgIpc) is 2.53. The average molecular weight is 364 g/mol. The molecule has 6 heteroatoms. The number of hydrogen-bond donors (Lipinski definition) is 2. The standard InChI is InChI=1S/C16H18BrN3O2/c1-21-15-4-2-3-13(11-15)20-16(18)19-9-10-22-14-7-5-12(17)6-8-14/h2-8,11H,9-10H2,1H3,(H3,18,19,20). The second kappa shape index (κ2) is 8.29. The summed E-state index contributed by atoms with van der Waals surface area (Å²) in [6.07, 6.45) is 0. The van der Waals surface area contributed by atoms with Crippen LogP contribution in [0.15, 0.2) is 58.0 Å². The Morgan fingerprint density at radius 2 is 1.95 bits per heavy atom. The zero-order valence-corrected chi connectivity index (χ0v) is 13.8. The lowest BCUT2D eigenvalue weighted by Gasteiger charge is -2.08. The van der Waals surface area contributed by atoms with Crippen molar-refractivity contribution in [1.82, 2.24) is 0 Å². The Morgan fingerprint density at radius 3 is 2.68 bits per heavy atom. The molecule has 5 nitrogen and oxygen atoms in total. The number of nitrogens with zero attached hydrogens (tertiary/aromatic N) is 1. The first-order valence-corrected chi connectivity index (χ1v) is 7.56. The van der Waals surface area contributed by atoms with Crippen LogP contribution in [0.4, 0.5) is 5.69 Å². The van der Waals surface area contributed by atoms with E-state index >= 15 is 0 Å². The van der Waals surface area contributed by atoms with Crippen molar-refractivity contribution < 1.29 is 9.47 Å². The van der Waals surface area contributed by atoms with Crippen LogP contribution in [0.1, 0.15) is 0 Å². The van der Waals surface area contributed by atoms with E-state index in [2.05, 4.69) is 26.2 Å². The number of ether oxygens (including phenoxy) is 2. The van der Waals surface area contributed by atoms with Gasteiger partial charge < -0.3 is 20.5 Å². The van der Waals surface area contributed by atoms with Gasteiger partial charge >= 0.3 is 0 Å². The highest BCUT2D eigenvalue weighted by molar-refractivity contribution is 9.10. The lowest BCUT2D eigenvalue weighted by Crippen LogP contribution is -2.23. The van der Waals surface area contributed by atoms with Gasteiger partial charge in [0.25, 0.3) is 0 Å². The van der Waals surface area contributed by atoms with Crippen molar-refractivity contribution in [1.29, 1.82) is 0 Å². The van der Waals surface area contributed by atoms with Gasteiger partial charge in [0, 0.05) is 16.2 Å². The van der Waals surface area contributed by atoms with E-state index in [1.807, 2.05) is 48.5 Å². The monoisotopic (exact) mass is 363 g/mol. The summed E-state index contributed by atoms with van der Waals surface area (Å²) in [6.45, 7) is 0.932. The number of methoxy groups -OCH3 is 1. The van der Waals surface area contributed by atoms with Gasteiger partial charge in [-0.3, -0.25) is 0 Å². The highest BCUT2D eigenvalue weighted by atomic mass is 79.9. The van der Waals surface area contributed by atoms with E-state index < -0.39 is 0 Å². The molecule has 0 unspecified atom stereocenters. The van der Waals surface area contributed by atoms with E-state index in [4.69, 9.17) is 15.2 Å². The number of nitrogens with two attached hydrogens (primary N) is 1. The van der Waals surface area contributed by atoms with Crippen molar-refractivity contribution in [3.63, 3.8) is 0 Å². The van der Waals surface area contributed by atoms with E-state index in [-0.39, 0.29) is 0 Å². The van der Waals surface area contributed by atoms with Gasteiger partial charge in [-0.1, -0.05) is 22.0 Å². The van der Waals surface area contributed by atoms with Crippen molar-refractivity contribution in [3.05, 3.63) is 53.0 Å². The van der Waals surface area contributed by atoms with Crippen LogP contribution in [0.5, 0.6) is 11.5 Å². The molecule has 2 aromatic rings. The molecule has 0 aliphatic heterocycles. The third-order valence-electron chi connectivity index (χ3n) is 2.80. The Morgan fingerprint density at radius 1 is 1.18 bits per heavy atom. The van der Waals surface area contributed by atoms with Crippen molar-refractivity contribution >= 4 is 27.6 Å². The zero-order valence-electron chi connectivity index (χ0n) is 12.3. The summed E-state index contributed by atoms with van der Waals surface area (Å²) >= 11 is 3.38. The molecule has 0 amide bonds. The fourth-order valence-corrected chi connectivity index (χ4v) is 2.01. The first-order chi connectivity index (χ1) is 10.7. The topological polar surface area (TPSA) is 68.9 Å². The maximum absolute atomic E-state index is 5.83. The lowest BCUT2D eigenvalue weighted by atomic mass is 10.3. The molecule has 22 heavy (non-hydrogen) atoms. The number of hydrogen-bond acceptors (Lipinski definition) is 3. The van der Waals surface area contributed by atoms with Crippen LogP contribution in [0.2, 0.25) is 0 Å². The van der Waals surface area contributed by atoms with E-state index in [1.165, 1.54) is 0 Å². The molecular weight excluding hydrogens is 346 g/mol. The smallest absolute Gasteiger partial charge is 0.193 e. The molecule has 0 atom stereocenters. The Labute approximate surface area is 138 Å². The molecule has 0 aliphatic rings. The molecule has 0 saturated carbocycles.